The van der Waals surface area contributed by atoms with E-state index in [0.717, 1.165) is 30.6 Å². The molecule has 0 spiro atoms. The van der Waals surface area contributed by atoms with Gasteiger partial charge in [0.25, 0.3) is 5.91 Å². The van der Waals surface area contributed by atoms with Gasteiger partial charge in [-0.3, -0.25) is 19.2 Å². The molecule has 3 aromatic rings. The third-order valence-corrected chi connectivity index (χ3v) is 7.14. The Morgan fingerprint density at radius 2 is 2.03 bits per heavy atom. The van der Waals surface area contributed by atoms with E-state index in [1.807, 2.05) is 43.5 Å². The van der Waals surface area contributed by atoms with E-state index in [-0.39, 0.29) is 24.4 Å². The number of carbonyl (C=O) groups is 2. The Bertz CT molecular complexity index is 1150. The molecule has 7 nitrogen and oxygen atoms in total. The summed E-state index contributed by atoms with van der Waals surface area (Å²) in [6.07, 6.45) is 7.77. The number of rotatable bonds is 5. The summed E-state index contributed by atoms with van der Waals surface area (Å²) in [6.45, 7) is 2.09. The number of hydrogen-bond acceptors (Lipinski definition) is 5. The van der Waals surface area contributed by atoms with Crippen LogP contribution in [0.2, 0.25) is 0 Å². The van der Waals surface area contributed by atoms with Gasteiger partial charge in [-0.25, -0.2) is 0 Å². The lowest BCUT2D eigenvalue weighted by Gasteiger charge is -2.43. The van der Waals surface area contributed by atoms with Crippen molar-refractivity contribution < 1.29 is 14.0 Å². The van der Waals surface area contributed by atoms with Gasteiger partial charge in [0.1, 0.15) is 16.9 Å². The Kier molecular flexibility index (Phi) is 5.33. The van der Waals surface area contributed by atoms with Gasteiger partial charge in [0.2, 0.25) is 5.91 Å². The van der Waals surface area contributed by atoms with E-state index in [1.165, 1.54) is 0 Å². The fourth-order valence-electron chi connectivity index (χ4n) is 4.69. The van der Waals surface area contributed by atoms with Crippen LogP contribution in [-0.4, -0.2) is 39.4 Å². The minimum atomic E-state index is -1.11. The summed E-state index contributed by atoms with van der Waals surface area (Å²) in [5, 5.41) is 7.81. The van der Waals surface area contributed by atoms with Crippen LogP contribution in [0.4, 0.5) is 5.69 Å². The van der Waals surface area contributed by atoms with Crippen LogP contribution in [0.3, 0.4) is 0 Å². The molecule has 1 saturated carbocycles. The number of anilines is 1. The van der Waals surface area contributed by atoms with Crippen molar-refractivity contribution in [1.82, 2.24) is 15.1 Å². The van der Waals surface area contributed by atoms with Gasteiger partial charge in [-0.15, -0.1) is 11.8 Å². The molecule has 1 aromatic carbocycles. The molecule has 0 bridgehead atoms. The average Bonchev–Trinajstić information content (AvgIpc) is 3.55. The average molecular weight is 451 g/mol. The van der Waals surface area contributed by atoms with Gasteiger partial charge < -0.3 is 9.73 Å². The van der Waals surface area contributed by atoms with E-state index in [4.69, 9.17) is 4.42 Å². The molecule has 1 atom stereocenters. The first-order valence-corrected chi connectivity index (χ1v) is 12.1. The summed E-state index contributed by atoms with van der Waals surface area (Å²) in [5.74, 6) is 0.199. The van der Waals surface area contributed by atoms with Gasteiger partial charge in [0, 0.05) is 22.7 Å². The smallest absolute Gasteiger partial charge is 0.277 e. The SMILES string of the molecule is CSc1cccc(N2C(=O)c3cc(-c4ccco4)nn3C[C@]2(C)C(=O)NC2CCCC2)c1. The molecule has 5 rings (SSSR count). The summed E-state index contributed by atoms with van der Waals surface area (Å²) < 4.78 is 7.12. The number of fused-ring (bicyclic) bond motifs is 1. The van der Waals surface area contributed by atoms with Gasteiger partial charge in [-0.2, -0.15) is 5.10 Å². The maximum Gasteiger partial charge on any atom is 0.277 e. The first-order valence-electron chi connectivity index (χ1n) is 10.9. The number of amides is 2. The number of nitrogens with zero attached hydrogens (tertiary/aromatic N) is 3. The Morgan fingerprint density at radius 1 is 1.22 bits per heavy atom. The van der Waals surface area contributed by atoms with Crippen LogP contribution in [0.5, 0.6) is 0 Å². The zero-order chi connectivity index (χ0) is 22.3. The lowest BCUT2D eigenvalue weighted by Crippen LogP contribution is -2.65. The fourth-order valence-corrected chi connectivity index (χ4v) is 5.14. The molecule has 3 heterocycles. The molecule has 2 aromatic heterocycles. The second-order valence-electron chi connectivity index (χ2n) is 8.62. The van der Waals surface area contributed by atoms with E-state index in [1.54, 1.807) is 39.7 Å². The minimum absolute atomic E-state index is 0.145. The predicted molar refractivity (Wildman–Crippen MR) is 124 cm³/mol. The van der Waals surface area contributed by atoms with Crippen LogP contribution >= 0.6 is 11.8 Å². The van der Waals surface area contributed by atoms with Crippen molar-refractivity contribution in [2.75, 3.05) is 11.2 Å². The van der Waals surface area contributed by atoms with Crippen molar-refractivity contribution in [3.63, 3.8) is 0 Å². The lowest BCUT2D eigenvalue weighted by atomic mass is 9.93. The second kappa shape index (κ2) is 8.16. The molecule has 1 N–H and O–H groups in total. The summed E-state index contributed by atoms with van der Waals surface area (Å²) in [5.41, 5.74) is 0.613. The van der Waals surface area contributed by atoms with Crippen molar-refractivity contribution in [3.05, 3.63) is 54.4 Å². The summed E-state index contributed by atoms with van der Waals surface area (Å²) in [4.78, 5) is 30.1. The fraction of sp³-hybridized carbons (Fsp3) is 0.375. The van der Waals surface area contributed by atoms with Crippen LogP contribution < -0.4 is 10.2 Å². The maximum atomic E-state index is 13.8. The minimum Gasteiger partial charge on any atom is -0.463 e. The monoisotopic (exact) mass is 450 g/mol. The van der Waals surface area contributed by atoms with Crippen molar-refractivity contribution in [1.29, 1.82) is 0 Å². The van der Waals surface area contributed by atoms with Crippen molar-refractivity contribution in [3.8, 4) is 11.5 Å². The van der Waals surface area contributed by atoms with Crippen LogP contribution in [0.25, 0.3) is 11.5 Å². The molecule has 2 aliphatic rings. The van der Waals surface area contributed by atoms with Gasteiger partial charge in [0.15, 0.2) is 5.76 Å². The molecular formula is C24H26N4O3S. The van der Waals surface area contributed by atoms with Crippen LogP contribution in [0, 0.1) is 0 Å². The largest absolute Gasteiger partial charge is 0.463 e. The zero-order valence-corrected chi connectivity index (χ0v) is 19.0. The van der Waals surface area contributed by atoms with Crippen molar-refractivity contribution in [2.24, 2.45) is 0 Å². The van der Waals surface area contributed by atoms with E-state index in [9.17, 15) is 9.59 Å². The molecule has 1 aliphatic carbocycles. The highest BCUT2D eigenvalue weighted by Crippen LogP contribution is 2.36. The molecule has 8 heteroatoms. The van der Waals surface area contributed by atoms with E-state index in [0.29, 0.717) is 22.8 Å². The molecular weight excluding hydrogens is 424 g/mol. The van der Waals surface area contributed by atoms with Gasteiger partial charge in [0.05, 0.1) is 12.8 Å². The van der Waals surface area contributed by atoms with Crippen LogP contribution in [-0.2, 0) is 11.3 Å². The quantitative estimate of drug-likeness (QED) is 0.585. The Labute approximate surface area is 191 Å². The molecule has 1 fully saturated rings. The lowest BCUT2D eigenvalue weighted by molar-refractivity contribution is -0.127. The number of benzene rings is 1. The van der Waals surface area contributed by atoms with Gasteiger partial charge >= 0.3 is 0 Å². The number of thioether (sulfide) groups is 1. The van der Waals surface area contributed by atoms with Gasteiger partial charge in [-0.05, 0) is 56.4 Å². The zero-order valence-electron chi connectivity index (χ0n) is 18.2. The predicted octanol–water partition coefficient (Wildman–Crippen LogP) is 4.34. The second-order valence-corrected chi connectivity index (χ2v) is 9.50. The summed E-state index contributed by atoms with van der Waals surface area (Å²) in [6, 6.07) is 13.3. The standard InChI is InChI=1S/C24H26N4O3S/c1-24(23(30)25-16-7-3-4-8-16)15-27-20(14-19(26-27)21-11-6-12-31-21)22(29)28(24)17-9-5-10-18(13-17)32-2/h5-6,9-14,16H,3-4,7-8,15H2,1-2H3,(H,25,30)/t24-/m1/s1. The molecule has 1 aliphatic heterocycles. The molecule has 2 amide bonds. The van der Waals surface area contributed by atoms with Crippen molar-refractivity contribution >= 4 is 29.3 Å². The number of carbonyl (C=O) groups excluding carboxylic acids is 2. The molecule has 0 unspecified atom stereocenters. The third kappa shape index (κ3) is 3.52. The topological polar surface area (TPSA) is 80.4 Å². The molecule has 0 radical (unpaired) electrons. The normalized spacial score (nSPS) is 21.1. The van der Waals surface area contributed by atoms with Crippen molar-refractivity contribution in [2.45, 2.75) is 55.6 Å². The Hall–Kier alpha value is -3.00. The van der Waals surface area contributed by atoms with Crippen LogP contribution in [0.15, 0.2) is 58.0 Å². The van der Waals surface area contributed by atoms with E-state index in [2.05, 4.69) is 10.4 Å². The van der Waals surface area contributed by atoms with E-state index >= 15 is 0 Å². The highest BCUT2D eigenvalue weighted by atomic mass is 32.2. The number of nitrogens with one attached hydrogen (secondary N) is 1. The van der Waals surface area contributed by atoms with Crippen LogP contribution in [0.1, 0.15) is 43.1 Å². The summed E-state index contributed by atoms with van der Waals surface area (Å²) in [7, 11) is 0. The van der Waals surface area contributed by atoms with Gasteiger partial charge in [-0.1, -0.05) is 18.9 Å². The highest BCUT2D eigenvalue weighted by Gasteiger charge is 2.49. The summed E-state index contributed by atoms with van der Waals surface area (Å²) >= 11 is 1.60. The first kappa shape index (κ1) is 20.9. The number of furan rings is 1. The Balaban J connectivity index is 1.59. The highest BCUT2D eigenvalue weighted by molar-refractivity contribution is 7.98. The Morgan fingerprint density at radius 3 is 2.75 bits per heavy atom. The molecule has 32 heavy (non-hydrogen) atoms. The number of aromatic nitrogens is 2. The number of hydrogen-bond donors (Lipinski definition) is 1. The first-order chi connectivity index (χ1) is 15.5. The van der Waals surface area contributed by atoms with E-state index < -0.39 is 5.54 Å². The third-order valence-electron chi connectivity index (χ3n) is 6.42. The molecule has 166 valence electrons. The maximum absolute atomic E-state index is 13.8. The molecule has 0 saturated heterocycles.